The third kappa shape index (κ3) is 5.26. The smallest absolute Gasteiger partial charge is 0.257 e. The molecule has 3 aromatic rings. The molecular weight excluding hydrogens is 424 g/mol. The highest BCUT2D eigenvalue weighted by atomic mass is 35.5. The van der Waals surface area contributed by atoms with Gasteiger partial charge in [0.05, 0.1) is 5.69 Å². The molecule has 0 bridgehead atoms. The van der Waals surface area contributed by atoms with E-state index in [0.29, 0.717) is 35.9 Å². The lowest BCUT2D eigenvalue weighted by atomic mass is 10.0. The molecular formula is C25H27ClN4O2. The van der Waals surface area contributed by atoms with Crippen LogP contribution in [0.25, 0.3) is 0 Å². The number of amides is 1. The van der Waals surface area contributed by atoms with Gasteiger partial charge in [0.15, 0.2) is 0 Å². The van der Waals surface area contributed by atoms with Crippen molar-refractivity contribution in [2.75, 3.05) is 11.9 Å². The summed E-state index contributed by atoms with van der Waals surface area (Å²) in [6.45, 7) is 4.25. The largest absolute Gasteiger partial charge is 0.324 e. The van der Waals surface area contributed by atoms with Crippen molar-refractivity contribution in [3.05, 3.63) is 92.6 Å². The van der Waals surface area contributed by atoms with Crippen molar-refractivity contribution >= 4 is 23.2 Å². The summed E-state index contributed by atoms with van der Waals surface area (Å²) in [5.74, 6) is 0.397. The van der Waals surface area contributed by atoms with Crippen molar-refractivity contribution in [2.45, 2.75) is 45.8 Å². The van der Waals surface area contributed by atoms with Gasteiger partial charge in [-0.15, -0.1) is 0 Å². The van der Waals surface area contributed by atoms with Gasteiger partial charge in [-0.1, -0.05) is 54.9 Å². The molecule has 0 aliphatic carbocycles. The molecule has 7 heteroatoms. The van der Waals surface area contributed by atoms with E-state index in [-0.39, 0.29) is 18.0 Å². The predicted molar refractivity (Wildman–Crippen MR) is 127 cm³/mol. The Balaban J connectivity index is 1.55. The Kier molecular flexibility index (Phi) is 7.02. The lowest BCUT2D eigenvalue weighted by Gasteiger charge is -2.29. The molecule has 0 unspecified atom stereocenters. The number of fused-ring (bicyclic) bond motifs is 1. The number of hydrogen-bond acceptors (Lipinski definition) is 4. The monoisotopic (exact) mass is 450 g/mol. The van der Waals surface area contributed by atoms with E-state index in [1.165, 1.54) is 10.1 Å². The zero-order valence-corrected chi connectivity index (χ0v) is 18.9. The molecule has 1 aliphatic rings. The topological polar surface area (TPSA) is 67.2 Å². The molecule has 32 heavy (non-hydrogen) atoms. The summed E-state index contributed by atoms with van der Waals surface area (Å²) in [6, 6.07) is 17.3. The third-order valence-electron chi connectivity index (χ3n) is 5.61. The van der Waals surface area contributed by atoms with Crippen molar-refractivity contribution in [3.8, 4) is 0 Å². The summed E-state index contributed by atoms with van der Waals surface area (Å²) in [5, 5.41) is 3.37. The molecule has 0 fully saturated rings. The van der Waals surface area contributed by atoms with Gasteiger partial charge in [-0.2, -0.15) is 0 Å². The average Bonchev–Trinajstić information content (AvgIpc) is 2.77. The van der Waals surface area contributed by atoms with Crippen LogP contribution in [-0.2, 0) is 37.3 Å². The minimum absolute atomic E-state index is 0.0608. The first-order valence-corrected chi connectivity index (χ1v) is 11.3. The molecule has 166 valence electrons. The SMILES string of the molecule is CCCc1nc2c(c(=O)n1CC(=O)Nc1cccc(Cl)c1)CCN(Cc1ccccc1)C2. The number of nitrogens with one attached hydrogen (secondary N) is 1. The second kappa shape index (κ2) is 10.1. The molecule has 2 aromatic carbocycles. The number of benzene rings is 2. The summed E-state index contributed by atoms with van der Waals surface area (Å²) in [6.07, 6.45) is 2.12. The zero-order chi connectivity index (χ0) is 22.5. The zero-order valence-electron chi connectivity index (χ0n) is 18.2. The van der Waals surface area contributed by atoms with Crippen molar-refractivity contribution in [1.29, 1.82) is 0 Å². The first-order valence-electron chi connectivity index (χ1n) is 11.0. The van der Waals surface area contributed by atoms with Crippen LogP contribution < -0.4 is 10.9 Å². The second-order valence-corrected chi connectivity index (χ2v) is 8.54. The highest BCUT2D eigenvalue weighted by Gasteiger charge is 2.24. The van der Waals surface area contributed by atoms with E-state index in [0.717, 1.165) is 30.8 Å². The molecule has 0 atom stereocenters. The van der Waals surface area contributed by atoms with E-state index in [4.69, 9.17) is 16.6 Å². The number of hydrogen-bond donors (Lipinski definition) is 1. The molecule has 0 spiro atoms. The number of rotatable bonds is 7. The summed E-state index contributed by atoms with van der Waals surface area (Å²) in [7, 11) is 0. The van der Waals surface area contributed by atoms with Crippen LogP contribution in [0.1, 0.15) is 36.0 Å². The Hall–Kier alpha value is -2.96. The average molecular weight is 451 g/mol. The first kappa shape index (κ1) is 22.2. The Morgan fingerprint density at radius 1 is 1.16 bits per heavy atom. The van der Waals surface area contributed by atoms with Crippen LogP contribution in [0.3, 0.4) is 0 Å². The van der Waals surface area contributed by atoms with Crippen molar-refractivity contribution in [1.82, 2.24) is 14.5 Å². The first-order chi connectivity index (χ1) is 15.5. The minimum Gasteiger partial charge on any atom is -0.324 e. The van der Waals surface area contributed by atoms with Crippen LogP contribution in [0.2, 0.25) is 5.02 Å². The van der Waals surface area contributed by atoms with Gasteiger partial charge < -0.3 is 5.32 Å². The molecule has 1 aromatic heterocycles. The van der Waals surface area contributed by atoms with E-state index >= 15 is 0 Å². The van der Waals surface area contributed by atoms with E-state index in [2.05, 4.69) is 22.3 Å². The lowest BCUT2D eigenvalue weighted by Crippen LogP contribution is -2.40. The normalized spacial score (nSPS) is 13.6. The predicted octanol–water partition coefficient (Wildman–Crippen LogP) is 4.05. The van der Waals surface area contributed by atoms with E-state index in [1.807, 2.05) is 25.1 Å². The van der Waals surface area contributed by atoms with Crippen molar-refractivity contribution < 1.29 is 4.79 Å². The second-order valence-electron chi connectivity index (χ2n) is 8.10. The molecule has 0 radical (unpaired) electrons. The number of carbonyl (C=O) groups is 1. The molecule has 1 N–H and O–H groups in total. The van der Waals surface area contributed by atoms with Crippen molar-refractivity contribution in [3.63, 3.8) is 0 Å². The molecule has 6 nitrogen and oxygen atoms in total. The van der Waals surface area contributed by atoms with Crippen LogP contribution in [0.15, 0.2) is 59.4 Å². The molecule has 2 heterocycles. The van der Waals surface area contributed by atoms with Crippen LogP contribution in [-0.4, -0.2) is 26.9 Å². The van der Waals surface area contributed by atoms with Gasteiger partial charge in [0.1, 0.15) is 12.4 Å². The van der Waals surface area contributed by atoms with Crippen LogP contribution in [0.4, 0.5) is 5.69 Å². The van der Waals surface area contributed by atoms with Crippen LogP contribution >= 0.6 is 11.6 Å². The quantitative estimate of drug-likeness (QED) is 0.589. The Bertz CT molecular complexity index is 1160. The van der Waals surface area contributed by atoms with E-state index < -0.39 is 0 Å². The Labute approximate surface area is 192 Å². The van der Waals surface area contributed by atoms with Gasteiger partial charge in [-0.3, -0.25) is 19.1 Å². The number of carbonyl (C=O) groups excluding carboxylic acids is 1. The number of halogens is 1. The molecule has 0 saturated heterocycles. The maximum Gasteiger partial charge on any atom is 0.257 e. The molecule has 0 saturated carbocycles. The summed E-state index contributed by atoms with van der Waals surface area (Å²) in [4.78, 5) is 33.2. The van der Waals surface area contributed by atoms with E-state index in [1.54, 1.807) is 24.3 Å². The standard InChI is InChI=1S/C25H27ClN4O2/c1-2-7-23-28-22-16-29(15-18-8-4-3-5-9-18)13-12-21(22)25(32)30(23)17-24(31)27-20-11-6-10-19(26)14-20/h3-6,8-11,14H,2,7,12-13,15-17H2,1H3,(H,27,31). The highest BCUT2D eigenvalue weighted by molar-refractivity contribution is 6.30. The minimum atomic E-state index is -0.269. The highest BCUT2D eigenvalue weighted by Crippen LogP contribution is 2.18. The van der Waals surface area contributed by atoms with Gasteiger partial charge in [0.25, 0.3) is 5.56 Å². The summed E-state index contributed by atoms with van der Waals surface area (Å²) >= 11 is 6.00. The fourth-order valence-electron chi connectivity index (χ4n) is 4.09. The Morgan fingerprint density at radius 3 is 2.72 bits per heavy atom. The Morgan fingerprint density at radius 2 is 1.97 bits per heavy atom. The van der Waals surface area contributed by atoms with Gasteiger partial charge in [-0.25, -0.2) is 4.98 Å². The fraction of sp³-hybridized carbons (Fsp3) is 0.320. The maximum atomic E-state index is 13.3. The number of nitrogens with zero attached hydrogens (tertiary/aromatic N) is 3. The van der Waals surface area contributed by atoms with E-state index in [9.17, 15) is 9.59 Å². The van der Waals surface area contributed by atoms with Gasteiger partial charge in [0, 0.05) is 42.3 Å². The number of aryl methyl sites for hydroxylation is 1. The summed E-state index contributed by atoms with van der Waals surface area (Å²) < 4.78 is 1.54. The number of anilines is 1. The summed E-state index contributed by atoms with van der Waals surface area (Å²) in [5.41, 5.74) is 3.32. The maximum absolute atomic E-state index is 13.3. The van der Waals surface area contributed by atoms with Gasteiger partial charge >= 0.3 is 0 Å². The van der Waals surface area contributed by atoms with Crippen LogP contribution in [0, 0.1) is 0 Å². The van der Waals surface area contributed by atoms with Gasteiger partial charge in [-0.05, 0) is 36.6 Å². The van der Waals surface area contributed by atoms with Crippen LogP contribution in [0.5, 0.6) is 0 Å². The molecule has 1 amide bonds. The lowest BCUT2D eigenvalue weighted by molar-refractivity contribution is -0.116. The fourth-order valence-corrected chi connectivity index (χ4v) is 4.28. The third-order valence-corrected chi connectivity index (χ3v) is 5.85. The number of aromatic nitrogens is 2. The molecule has 1 aliphatic heterocycles. The van der Waals surface area contributed by atoms with Gasteiger partial charge in [0.2, 0.25) is 5.91 Å². The van der Waals surface area contributed by atoms with Crippen molar-refractivity contribution in [2.24, 2.45) is 0 Å². The molecule has 4 rings (SSSR count).